The van der Waals surface area contributed by atoms with Gasteiger partial charge in [0.2, 0.25) is 0 Å². The minimum Gasteiger partial charge on any atom is -0.198 e. The van der Waals surface area contributed by atoms with Crippen molar-refractivity contribution in [2.75, 3.05) is 0 Å². The summed E-state index contributed by atoms with van der Waals surface area (Å²) in [7, 11) is 0. The van der Waals surface area contributed by atoms with E-state index in [9.17, 15) is 0 Å². The molecule has 0 aromatic rings. The van der Waals surface area contributed by atoms with E-state index in [4.69, 9.17) is 5.26 Å². The Hall–Kier alpha value is -0.510. The second-order valence-corrected chi connectivity index (χ2v) is 4.97. The van der Waals surface area contributed by atoms with Crippen LogP contribution in [0.15, 0.2) is 0 Å². The molecule has 0 spiro atoms. The minimum atomic E-state index is -0.103. The molecule has 2 atom stereocenters. The van der Waals surface area contributed by atoms with E-state index < -0.39 is 0 Å². The maximum absolute atomic E-state index is 9.06. The van der Waals surface area contributed by atoms with Crippen LogP contribution in [0.3, 0.4) is 0 Å². The van der Waals surface area contributed by atoms with Crippen LogP contribution in [-0.4, -0.2) is 0 Å². The van der Waals surface area contributed by atoms with Gasteiger partial charge in [-0.15, -0.1) is 0 Å². The highest BCUT2D eigenvalue weighted by Gasteiger charge is 2.33. The Balaban J connectivity index is 2.57. The fourth-order valence-electron chi connectivity index (χ4n) is 2.41. The summed E-state index contributed by atoms with van der Waals surface area (Å²) in [4.78, 5) is 0. The fourth-order valence-corrected chi connectivity index (χ4v) is 2.41. The van der Waals surface area contributed by atoms with E-state index in [0.717, 1.165) is 5.92 Å². The quantitative estimate of drug-likeness (QED) is 0.633. The van der Waals surface area contributed by atoms with E-state index in [-0.39, 0.29) is 5.41 Å². The molecule has 0 heterocycles. The average Bonchev–Trinajstić information content (AvgIpc) is 2.18. The molecule has 13 heavy (non-hydrogen) atoms. The molecule has 2 unspecified atom stereocenters. The SMILES string of the molecule is CCC1CCCC(C(C)(C)C#N)C1. The predicted octanol–water partition coefficient (Wildman–Crippen LogP) is 3.75. The molecule has 0 aromatic heterocycles. The molecule has 1 aliphatic carbocycles. The third-order valence-electron chi connectivity index (χ3n) is 3.67. The first-order valence-corrected chi connectivity index (χ1v) is 5.51. The first-order chi connectivity index (χ1) is 6.10. The van der Waals surface area contributed by atoms with Crippen LogP contribution in [0.4, 0.5) is 0 Å². The van der Waals surface area contributed by atoms with Crippen LogP contribution in [0.2, 0.25) is 0 Å². The zero-order chi connectivity index (χ0) is 9.90. The van der Waals surface area contributed by atoms with Crippen molar-refractivity contribution in [2.45, 2.75) is 52.9 Å². The number of nitrogens with zero attached hydrogens (tertiary/aromatic N) is 1. The van der Waals surface area contributed by atoms with Crippen molar-refractivity contribution in [3.8, 4) is 6.07 Å². The Kier molecular flexibility index (Phi) is 3.36. The number of nitriles is 1. The molecule has 1 heteroatoms. The van der Waals surface area contributed by atoms with E-state index in [1.54, 1.807) is 0 Å². The van der Waals surface area contributed by atoms with Crippen molar-refractivity contribution in [2.24, 2.45) is 17.3 Å². The lowest BCUT2D eigenvalue weighted by Crippen LogP contribution is -2.27. The average molecular weight is 179 g/mol. The Labute approximate surface area is 82.1 Å². The molecule has 0 saturated heterocycles. The maximum atomic E-state index is 9.06. The standard InChI is InChI=1S/C12H21N/c1-4-10-6-5-7-11(8-10)12(2,3)9-13/h10-11H,4-8H2,1-3H3. The Morgan fingerprint density at radius 2 is 2.08 bits per heavy atom. The second kappa shape index (κ2) is 4.13. The molecule has 1 nitrogen and oxygen atoms in total. The van der Waals surface area contributed by atoms with E-state index in [2.05, 4.69) is 26.8 Å². The lowest BCUT2D eigenvalue weighted by atomic mass is 9.68. The summed E-state index contributed by atoms with van der Waals surface area (Å²) in [5, 5.41) is 9.06. The largest absolute Gasteiger partial charge is 0.198 e. The third kappa shape index (κ3) is 2.46. The molecule has 1 fully saturated rings. The van der Waals surface area contributed by atoms with Gasteiger partial charge in [0, 0.05) is 0 Å². The van der Waals surface area contributed by atoms with Gasteiger partial charge < -0.3 is 0 Å². The molecule has 0 amide bonds. The third-order valence-corrected chi connectivity index (χ3v) is 3.67. The monoisotopic (exact) mass is 179 g/mol. The van der Waals surface area contributed by atoms with Gasteiger partial charge in [0.15, 0.2) is 0 Å². The summed E-state index contributed by atoms with van der Waals surface area (Å²) in [5.41, 5.74) is -0.103. The van der Waals surface area contributed by atoms with Crippen molar-refractivity contribution >= 4 is 0 Å². The van der Waals surface area contributed by atoms with Crippen LogP contribution in [0, 0.1) is 28.6 Å². The van der Waals surface area contributed by atoms with Gasteiger partial charge >= 0.3 is 0 Å². The molecular formula is C12H21N. The molecule has 74 valence electrons. The van der Waals surface area contributed by atoms with Crippen LogP contribution in [0.5, 0.6) is 0 Å². The lowest BCUT2D eigenvalue weighted by Gasteiger charge is -2.35. The van der Waals surface area contributed by atoms with Gasteiger partial charge in [-0.25, -0.2) is 0 Å². The van der Waals surface area contributed by atoms with Gasteiger partial charge in [0.25, 0.3) is 0 Å². The molecule has 0 bridgehead atoms. The summed E-state index contributed by atoms with van der Waals surface area (Å²) in [6.45, 7) is 6.46. The van der Waals surface area contributed by atoms with E-state index >= 15 is 0 Å². The van der Waals surface area contributed by atoms with Gasteiger partial charge in [0.1, 0.15) is 0 Å². The summed E-state index contributed by atoms with van der Waals surface area (Å²) in [5.74, 6) is 1.52. The van der Waals surface area contributed by atoms with Crippen LogP contribution < -0.4 is 0 Å². The molecule has 0 N–H and O–H groups in total. The molecule has 1 rings (SSSR count). The van der Waals surface area contributed by atoms with Crippen molar-refractivity contribution in [3.05, 3.63) is 0 Å². The van der Waals surface area contributed by atoms with E-state index in [0.29, 0.717) is 5.92 Å². The number of hydrogen-bond acceptors (Lipinski definition) is 1. The van der Waals surface area contributed by atoms with Gasteiger partial charge in [-0.05, 0) is 38.5 Å². The first kappa shape index (κ1) is 10.6. The fraction of sp³-hybridized carbons (Fsp3) is 0.917. The first-order valence-electron chi connectivity index (χ1n) is 5.51. The molecule has 1 aliphatic rings. The molecular weight excluding hydrogens is 158 g/mol. The normalized spacial score (nSPS) is 29.7. The second-order valence-electron chi connectivity index (χ2n) is 4.97. The highest BCUT2D eigenvalue weighted by atomic mass is 14.4. The zero-order valence-corrected chi connectivity index (χ0v) is 9.14. The molecule has 0 radical (unpaired) electrons. The summed E-state index contributed by atoms with van der Waals surface area (Å²) in [6.07, 6.45) is 6.54. The van der Waals surface area contributed by atoms with Crippen molar-refractivity contribution in [1.29, 1.82) is 5.26 Å². The van der Waals surface area contributed by atoms with Gasteiger partial charge in [-0.3, -0.25) is 0 Å². The van der Waals surface area contributed by atoms with Crippen molar-refractivity contribution < 1.29 is 0 Å². The highest BCUT2D eigenvalue weighted by Crippen LogP contribution is 2.40. The minimum absolute atomic E-state index is 0.103. The smallest absolute Gasteiger partial charge is 0.0686 e. The van der Waals surface area contributed by atoms with Crippen molar-refractivity contribution in [1.82, 2.24) is 0 Å². The summed E-state index contributed by atoms with van der Waals surface area (Å²) in [6, 6.07) is 2.46. The topological polar surface area (TPSA) is 23.8 Å². The van der Waals surface area contributed by atoms with Gasteiger partial charge in [-0.2, -0.15) is 5.26 Å². The van der Waals surface area contributed by atoms with Crippen LogP contribution in [0.25, 0.3) is 0 Å². The Morgan fingerprint density at radius 3 is 2.62 bits per heavy atom. The number of hydrogen-bond donors (Lipinski definition) is 0. The lowest BCUT2D eigenvalue weighted by molar-refractivity contribution is 0.168. The Bertz CT molecular complexity index is 200. The molecule has 0 aliphatic heterocycles. The Morgan fingerprint density at radius 1 is 1.38 bits per heavy atom. The zero-order valence-electron chi connectivity index (χ0n) is 9.14. The summed E-state index contributed by atoms with van der Waals surface area (Å²) >= 11 is 0. The molecule has 0 aromatic carbocycles. The van der Waals surface area contributed by atoms with Gasteiger partial charge in [0.05, 0.1) is 11.5 Å². The van der Waals surface area contributed by atoms with E-state index in [1.165, 1.54) is 32.1 Å². The van der Waals surface area contributed by atoms with E-state index in [1.807, 2.05) is 0 Å². The highest BCUT2D eigenvalue weighted by molar-refractivity contribution is 4.98. The van der Waals surface area contributed by atoms with Crippen molar-refractivity contribution in [3.63, 3.8) is 0 Å². The van der Waals surface area contributed by atoms with Crippen LogP contribution in [0.1, 0.15) is 52.9 Å². The molecule has 1 saturated carbocycles. The van der Waals surface area contributed by atoms with Gasteiger partial charge in [-0.1, -0.05) is 26.2 Å². The summed E-state index contributed by atoms with van der Waals surface area (Å²) < 4.78 is 0. The van der Waals surface area contributed by atoms with Crippen LogP contribution in [-0.2, 0) is 0 Å². The maximum Gasteiger partial charge on any atom is 0.0686 e. The predicted molar refractivity (Wildman–Crippen MR) is 55.1 cm³/mol. The number of rotatable bonds is 2. The van der Waals surface area contributed by atoms with Crippen LogP contribution >= 0.6 is 0 Å².